The van der Waals surface area contributed by atoms with Gasteiger partial charge >= 0.3 is 5.91 Å². The number of amides is 1. The highest BCUT2D eigenvalue weighted by Crippen LogP contribution is 2.17. The number of unbranched alkanes of at least 4 members (excludes halogenated alkanes) is 3. The number of aromatic nitrogens is 3. The fraction of sp³-hybridized carbons (Fsp3) is 0.304. The van der Waals surface area contributed by atoms with Gasteiger partial charge in [-0.25, -0.2) is 4.68 Å². The van der Waals surface area contributed by atoms with Gasteiger partial charge < -0.3 is 4.57 Å². The molecule has 0 unspecified atom stereocenters. The first-order chi connectivity index (χ1) is 14.6. The number of hydrogen-bond acceptors (Lipinski definition) is 4. The Morgan fingerprint density at radius 1 is 1.03 bits per heavy atom. The first-order valence-corrected chi connectivity index (χ1v) is 11.0. The fourth-order valence-corrected chi connectivity index (χ4v) is 4.58. The van der Waals surface area contributed by atoms with Crippen LogP contribution in [-0.4, -0.2) is 20.3 Å². The second-order valence-electron chi connectivity index (χ2n) is 7.31. The van der Waals surface area contributed by atoms with Crippen molar-refractivity contribution in [3.05, 3.63) is 69.4 Å². The molecule has 4 aromatic rings. The van der Waals surface area contributed by atoms with Gasteiger partial charge in [0.25, 0.3) is 5.56 Å². The molecule has 2 heterocycles. The van der Waals surface area contributed by atoms with Gasteiger partial charge in [-0.3, -0.25) is 9.59 Å². The molecule has 0 aliphatic rings. The van der Waals surface area contributed by atoms with E-state index >= 15 is 0 Å². The maximum absolute atomic E-state index is 13.1. The quantitative estimate of drug-likeness (QED) is 0.438. The van der Waals surface area contributed by atoms with Crippen LogP contribution in [-0.2, 0) is 13.6 Å². The minimum Gasteiger partial charge on any atom is -0.319 e. The molecule has 0 saturated heterocycles. The van der Waals surface area contributed by atoms with E-state index < -0.39 is 5.91 Å². The summed E-state index contributed by atoms with van der Waals surface area (Å²) in [4.78, 5) is 31.0. The Kier molecular flexibility index (Phi) is 5.90. The van der Waals surface area contributed by atoms with Gasteiger partial charge in [0.2, 0.25) is 0 Å². The van der Waals surface area contributed by atoms with Crippen LogP contribution in [0, 0.1) is 0 Å². The van der Waals surface area contributed by atoms with Crippen LogP contribution in [0.5, 0.6) is 0 Å². The van der Waals surface area contributed by atoms with Crippen molar-refractivity contribution in [1.82, 2.24) is 14.3 Å². The second-order valence-corrected chi connectivity index (χ2v) is 8.32. The molecule has 2 aromatic heterocycles. The maximum Gasteiger partial charge on any atom is 0.300 e. The van der Waals surface area contributed by atoms with Crippen LogP contribution in [0.15, 0.2) is 58.3 Å². The first-order valence-electron chi connectivity index (χ1n) is 10.2. The molecule has 0 aliphatic heterocycles. The molecule has 4 rings (SSSR count). The molecule has 0 aliphatic carbocycles. The number of thiazole rings is 1. The van der Waals surface area contributed by atoms with Crippen molar-refractivity contribution in [2.75, 3.05) is 0 Å². The van der Waals surface area contributed by atoms with E-state index in [4.69, 9.17) is 0 Å². The van der Waals surface area contributed by atoms with Crippen molar-refractivity contribution in [3.8, 4) is 0 Å². The topological polar surface area (TPSA) is 69.2 Å². The highest BCUT2D eigenvalue weighted by molar-refractivity contribution is 7.16. The maximum atomic E-state index is 13.1. The Balaban J connectivity index is 1.80. The zero-order valence-corrected chi connectivity index (χ0v) is 18.0. The minimum atomic E-state index is -0.435. The molecule has 6 nitrogen and oxygen atoms in total. The third-order valence-corrected chi connectivity index (χ3v) is 6.32. The second kappa shape index (κ2) is 8.75. The van der Waals surface area contributed by atoms with Crippen LogP contribution in [0.25, 0.3) is 21.0 Å². The number of carbonyl (C=O) groups excluding carboxylic acids is 1. The molecule has 0 atom stereocenters. The fourth-order valence-electron chi connectivity index (χ4n) is 3.56. The number of aryl methyl sites for hydroxylation is 2. The third kappa shape index (κ3) is 3.85. The average molecular weight is 421 g/mol. The van der Waals surface area contributed by atoms with E-state index in [1.165, 1.54) is 16.0 Å². The van der Waals surface area contributed by atoms with Crippen LogP contribution >= 0.6 is 11.3 Å². The number of benzene rings is 2. The van der Waals surface area contributed by atoms with Gasteiger partial charge in [0, 0.05) is 19.0 Å². The summed E-state index contributed by atoms with van der Waals surface area (Å²) in [5.74, 6) is -0.435. The molecule has 0 saturated carbocycles. The summed E-state index contributed by atoms with van der Waals surface area (Å²) in [6, 6.07) is 15.1. The lowest BCUT2D eigenvalue weighted by Crippen LogP contribution is -2.26. The smallest absolute Gasteiger partial charge is 0.300 e. The predicted octanol–water partition coefficient (Wildman–Crippen LogP) is 4.27. The van der Waals surface area contributed by atoms with Crippen LogP contribution in [0.3, 0.4) is 0 Å². The van der Waals surface area contributed by atoms with Crippen molar-refractivity contribution in [1.29, 1.82) is 0 Å². The highest BCUT2D eigenvalue weighted by atomic mass is 32.1. The largest absolute Gasteiger partial charge is 0.319 e. The van der Waals surface area contributed by atoms with Crippen LogP contribution in [0.2, 0.25) is 0 Å². The highest BCUT2D eigenvalue weighted by Gasteiger charge is 2.16. The standard InChI is InChI=1S/C23H24N4O2S/c1-3-4-5-10-15-27-22(29)17-12-7-6-11-16(17)20(25-27)21(28)24-23-26(2)18-13-8-9-14-19(18)30-23/h6-9,11-14H,3-5,10,15H2,1-2H3. The molecule has 0 spiro atoms. The lowest BCUT2D eigenvalue weighted by Gasteiger charge is -2.09. The van der Waals surface area contributed by atoms with Crippen molar-refractivity contribution < 1.29 is 4.79 Å². The summed E-state index contributed by atoms with van der Waals surface area (Å²) in [6.07, 6.45) is 4.12. The minimum absolute atomic E-state index is 0.161. The number of carbonyl (C=O) groups is 1. The van der Waals surface area contributed by atoms with Gasteiger partial charge in [0.1, 0.15) is 0 Å². The predicted molar refractivity (Wildman–Crippen MR) is 121 cm³/mol. The van der Waals surface area contributed by atoms with Gasteiger partial charge in [-0.15, -0.1) is 0 Å². The number of hydrogen-bond donors (Lipinski definition) is 0. The Bertz CT molecular complexity index is 1350. The van der Waals surface area contributed by atoms with Gasteiger partial charge in [0.15, 0.2) is 10.5 Å². The van der Waals surface area contributed by atoms with E-state index in [0.717, 1.165) is 35.9 Å². The molecular formula is C23H24N4O2S. The van der Waals surface area contributed by atoms with E-state index in [1.54, 1.807) is 12.1 Å². The summed E-state index contributed by atoms with van der Waals surface area (Å²) in [6.45, 7) is 2.65. The van der Waals surface area contributed by atoms with Crippen molar-refractivity contribution >= 4 is 38.2 Å². The normalized spacial score (nSPS) is 12.1. The Morgan fingerprint density at radius 2 is 1.77 bits per heavy atom. The molecule has 7 heteroatoms. The lowest BCUT2D eigenvalue weighted by atomic mass is 10.1. The van der Waals surface area contributed by atoms with Crippen molar-refractivity contribution in [3.63, 3.8) is 0 Å². The van der Waals surface area contributed by atoms with Crippen molar-refractivity contribution in [2.24, 2.45) is 12.0 Å². The summed E-state index contributed by atoms with van der Waals surface area (Å²) < 4.78 is 4.39. The number of para-hydroxylation sites is 1. The Labute approximate surface area is 178 Å². The van der Waals surface area contributed by atoms with Gasteiger partial charge in [0.05, 0.1) is 15.6 Å². The van der Waals surface area contributed by atoms with E-state index in [-0.39, 0.29) is 11.3 Å². The molecular weight excluding hydrogens is 396 g/mol. The SMILES string of the molecule is CCCCCCn1nc(C(=O)N=c2sc3ccccc3n2C)c2ccccc2c1=O. The zero-order chi connectivity index (χ0) is 21.1. The van der Waals surface area contributed by atoms with Gasteiger partial charge in [-0.2, -0.15) is 10.1 Å². The van der Waals surface area contributed by atoms with E-state index in [9.17, 15) is 9.59 Å². The van der Waals surface area contributed by atoms with E-state index in [0.29, 0.717) is 22.1 Å². The Hall–Kier alpha value is -3.06. The lowest BCUT2D eigenvalue weighted by molar-refractivity contribution is 0.0992. The molecule has 1 amide bonds. The van der Waals surface area contributed by atoms with E-state index in [1.807, 2.05) is 48.0 Å². The van der Waals surface area contributed by atoms with Crippen LogP contribution < -0.4 is 10.4 Å². The number of fused-ring (bicyclic) bond motifs is 2. The number of rotatable bonds is 6. The molecule has 154 valence electrons. The van der Waals surface area contributed by atoms with Gasteiger partial charge in [-0.1, -0.05) is 67.9 Å². The van der Waals surface area contributed by atoms with Crippen LogP contribution in [0.1, 0.15) is 43.1 Å². The van der Waals surface area contributed by atoms with Gasteiger partial charge in [-0.05, 0) is 24.6 Å². The zero-order valence-electron chi connectivity index (χ0n) is 17.2. The summed E-state index contributed by atoms with van der Waals surface area (Å²) >= 11 is 1.46. The molecule has 0 bridgehead atoms. The summed E-state index contributed by atoms with van der Waals surface area (Å²) in [5.41, 5.74) is 1.08. The molecule has 30 heavy (non-hydrogen) atoms. The Morgan fingerprint density at radius 3 is 2.53 bits per heavy atom. The summed E-state index contributed by atoms with van der Waals surface area (Å²) in [5, 5.41) is 5.48. The third-order valence-electron chi connectivity index (χ3n) is 5.21. The molecule has 0 N–H and O–H groups in total. The summed E-state index contributed by atoms with van der Waals surface area (Å²) in [7, 11) is 1.89. The molecule has 0 radical (unpaired) electrons. The van der Waals surface area contributed by atoms with Crippen molar-refractivity contribution in [2.45, 2.75) is 39.2 Å². The van der Waals surface area contributed by atoms with E-state index in [2.05, 4.69) is 17.0 Å². The molecule has 2 aromatic carbocycles. The average Bonchev–Trinajstić information content (AvgIpc) is 3.08. The van der Waals surface area contributed by atoms with Crippen LogP contribution in [0.4, 0.5) is 0 Å². The molecule has 0 fully saturated rings. The first kappa shape index (κ1) is 20.2. The monoisotopic (exact) mass is 420 g/mol. The number of nitrogens with zero attached hydrogens (tertiary/aromatic N) is 4.